The summed E-state index contributed by atoms with van der Waals surface area (Å²) in [6.07, 6.45) is 0. The normalized spacial score (nSPS) is 13.0. The monoisotopic (exact) mass is 820 g/mol. The third kappa shape index (κ3) is 5.44. The van der Waals surface area contributed by atoms with E-state index in [1.807, 2.05) is 12.1 Å². The Morgan fingerprint density at radius 3 is 1.78 bits per heavy atom. The predicted molar refractivity (Wildman–Crippen MR) is 268 cm³/mol. The van der Waals surface area contributed by atoms with Crippen LogP contribution < -0.4 is 4.90 Å². The van der Waals surface area contributed by atoms with Crippen LogP contribution >= 0.6 is 0 Å². The summed E-state index contributed by atoms with van der Waals surface area (Å²) in [6, 6.07) is 75.8. The fraction of sp³-hybridized carbons (Fsp3) is 0.0492. The minimum Gasteiger partial charge on any atom is -0.310 e. The molecule has 0 spiro atoms. The summed E-state index contributed by atoms with van der Waals surface area (Å²) in [5.74, 6) is -0.253. The van der Waals surface area contributed by atoms with Crippen molar-refractivity contribution in [2.45, 2.75) is 19.3 Å². The lowest BCUT2D eigenvalue weighted by Crippen LogP contribution is -2.16. The molecular weight excluding hydrogens is 780 g/mol. The van der Waals surface area contributed by atoms with Crippen LogP contribution in [0.3, 0.4) is 0 Å². The smallest absolute Gasteiger partial charge is 0.123 e. The van der Waals surface area contributed by atoms with Gasteiger partial charge in [-0.2, -0.15) is 0 Å². The molecule has 0 unspecified atom stereocenters. The Kier molecular flexibility index (Phi) is 7.87. The van der Waals surface area contributed by atoms with Crippen molar-refractivity contribution in [2.75, 3.05) is 4.90 Å². The van der Waals surface area contributed by atoms with E-state index in [-0.39, 0.29) is 11.2 Å². The van der Waals surface area contributed by atoms with E-state index in [1.54, 1.807) is 12.1 Å². The Labute approximate surface area is 371 Å². The third-order valence-electron chi connectivity index (χ3n) is 14.0. The lowest BCUT2D eigenvalue weighted by atomic mass is 9.82. The Morgan fingerprint density at radius 2 is 1.00 bits per heavy atom. The maximum Gasteiger partial charge on any atom is 0.123 e. The number of benzene rings is 11. The number of anilines is 3. The molecule has 302 valence electrons. The van der Waals surface area contributed by atoms with Crippen LogP contribution in [0.4, 0.5) is 21.5 Å². The number of nitrogens with zero attached hydrogens (tertiary/aromatic N) is 2. The van der Waals surface area contributed by atoms with Gasteiger partial charge in [0, 0.05) is 38.9 Å². The molecule has 0 N–H and O–H groups in total. The van der Waals surface area contributed by atoms with E-state index in [9.17, 15) is 4.39 Å². The van der Waals surface area contributed by atoms with Gasteiger partial charge in [-0.3, -0.25) is 0 Å². The molecule has 0 saturated heterocycles. The molecule has 0 fully saturated rings. The molecule has 12 aromatic rings. The average molecular weight is 821 g/mol. The van der Waals surface area contributed by atoms with Gasteiger partial charge in [0.2, 0.25) is 0 Å². The van der Waals surface area contributed by atoms with E-state index >= 15 is 0 Å². The molecular formula is C61H41FN2. The molecule has 1 aliphatic rings. The molecule has 0 amide bonds. The molecule has 0 radical (unpaired) electrons. The van der Waals surface area contributed by atoms with Crippen LogP contribution in [0.25, 0.3) is 93.2 Å². The lowest BCUT2D eigenvalue weighted by molar-refractivity contribution is 0.628. The first-order valence-corrected chi connectivity index (χ1v) is 22.1. The molecule has 1 aliphatic carbocycles. The van der Waals surface area contributed by atoms with E-state index in [1.165, 1.54) is 87.5 Å². The summed E-state index contributed by atoms with van der Waals surface area (Å²) in [5, 5.41) is 10.2. The van der Waals surface area contributed by atoms with Crippen molar-refractivity contribution >= 4 is 71.2 Å². The highest BCUT2D eigenvalue weighted by molar-refractivity contribution is 6.33. The van der Waals surface area contributed by atoms with Crippen molar-refractivity contribution in [3.8, 4) is 39.1 Å². The molecule has 13 rings (SSSR count). The van der Waals surface area contributed by atoms with E-state index in [0.717, 1.165) is 33.9 Å². The number of rotatable bonds is 6. The second-order valence-electron chi connectivity index (χ2n) is 17.9. The molecule has 3 heteroatoms. The predicted octanol–water partition coefficient (Wildman–Crippen LogP) is 16.9. The quantitative estimate of drug-likeness (QED) is 0.152. The Balaban J connectivity index is 0.966. The summed E-state index contributed by atoms with van der Waals surface area (Å²) in [4.78, 5) is 2.24. The minimum atomic E-state index is -0.253. The molecule has 1 heterocycles. The van der Waals surface area contributed by atoms with Crippen LogP contribution in [0.1, 0.15) is 25.0 Å². The number of halogens is 1. The first-order chi connectivity index (χ1) is 31.4. The van der Waals surface area contributed by atoms with Gasteiger partial charge in [-0.15, -0.1) is 0 Å². The topological polar surface area (TPSA) is 8.17 Å². The Bertz CT molecular complexity index is 3770. The van der Waals surface area contributed by atoms with Gasteiger partial charge in [0.05, 0.1) is 11.0 Å². The molecule has 0 atom stereocenters. The van der Waals surface area contributed by atoms with Crippen molar-refractivity contribution in [1.82, 2.24) is 4.57 Å². The minimum absolute atomic E-state index is 0.149. The molecule has 1 aromatic heterocycles. The molecule has 2 nitrogen and oxygen atoms in total. The SMILES string of the molecule is CC1(C)c2ccccc2-c2ccc(N(c3ccc(F)cc3)c3ccc(-c4ccc5c(c4)c4c6ccc7cccc8ccc(cc4n5-c4ccc(-c5ccccc5)cc4)c6c87)cc3)cc21. The highest BCUT2D eigenvalue weighted by Crippen LogP contribution is 2.51. The second kappa shape index (κ2) is 13.7. The average Bonchev–Trinajstić information content (AvgIpc) is 3.79. The van der Waals surface area contributed by atoms with E-state index < -0.39 is 0 Å². The first kappa shape index (κ1) is 36.6. The van der Waals surface area contributed by atoms with Gasteiger partial charge in [0.1, 0.15) is 5.82 Å². The molecule has 64 heavy (non-hydrogen) atoms. The molecule has 0 bridgehead atoms. The zero-order valence-corrected chi connectivity index (χ0v) is 35.5. The van der Waals surface area contributed by atoms with Crippen molar-refractivity contribution in [1.29, 1.82) is 0 Å². The van der Waals surface area contributed by atoms with Crippen molar-refractivity contribution < 1.29 is 4.39 Å². The number of aromatic nitrogens is 1. The number of fused-ring (bicyclic) bond motifs is 7. The van der Waals surface area contributed by atoms with Crippen LogP contribution in [-0.2, 0) is 5.41 Å². The van der Waals surface area contributed by atoms with Gasteiger partial charge in [-0.25, -0.2) is 4.39 Å². The van der Waals surface area contributed by atoms with Crippen molar-refractivity contribution in [3.63, 3.8) is 0 Å². The van der Waals surface area contributed by atoms with Gasteiger partial charge >= 0.3 is 0 Å². The van der Waals surface area contributed by atoms with Gasteiger partial charge < -0.3 is 9.47 Å². The zero-order chi connectivity index (χ0) is 42.7. The zero-order valence-electron chi connectivity index (χ0n) is 35.5. The highest BCUT2D eigenvalue weighted by Gasteiger charge is 2.35. The summed E-state index contributed by atoms with van der Waals surface area (Å²) in [7, 11) is 0. The summed E-state index contributed by atoms with van der Waals surface area (Å²) >= 11 is 0. The van der Waals surface area contributed by atoms with Crippen LogP contribution in [0, 0.1) is 5.82 Å². The number of hydrogen-bond acceptors (Lipinski definition) is 1. The fourth-order valence-electron chi connectivity index (χ4n) is 10.9. The maximum absolute atomic E-state index is 14.4. The molecule has 0 saturated carbocycles. The second-order valence-corrected chi connectivity index (χ2v) is 17.9. The van der Waals surface area contributed by atoms with Crippen LogP contribution in [0.15, 0.2) is 212 Å². The maximum atomic E-state index is 14.4. The largest absolute Gasteiger partial charge is 0.310 e. The number of hydrogen-bond donors (Lipinski definition) is 0. The third-order valence-corrected chi connectivity index (χ3v) is 14.0. The fourth-order valence-corrected chi connectivity index (χ4v) is 10.9. The van der Waals surface area contributed by atoms with E-state index in [0.29, 0.717) is 0 Å². The summed E-state index contributed by atoms with van der Waals surface area (Å²) in [6.45, 7) is 4.61. The van der Waals surface area contributed by atoms with Gasteiger partial charge in [0.15, 0.2) is 0 Å². The molecule has 11 aromatic carbocycles. The van der Waals surface area contributed by atoms with Crippen molar-refractivity contribution in [2.24, 2.45) is 0 Å². The molecule has 0 aliphatic heterocycles. The summed E-state index contributed by atoms with van der Waals surface area (Å²) in [5.41, 5.74) is 16.1. The first-order valence-electron chi connectivity index (χ1n) is 22.1. The highest BCUT2D eigenvalue weighted by atomic mass is 19.1. The van der Waals surface area contributed by atoms with Gasteiger partial charge in [0.25, 0.3) is 0 Å². The summed E-state index contributed by atoms with van der Waals surface area (Å²) < 4.78 is 16.8. The van der Waals surface area contributed by atoms with Gasteiger partial charge in [-0.1, -0.05) is 147 Å². The van der Waals surface area contributed by atoms with Crippen LogP contribution in [-0.4, -0.2) is 4.57 Å². The van der Waals surface area contributed by atoms with Gasteiger partial charge in [-0.05, 0) is 156 Å². The van der Waals surface area contributed by atoms with E-state index in [4.69, 9.17) is 0 Å². The lowest BCUT2D eigenvalue weighted by Gasteiger charge is -2.28. The van der Waals surface area contributed by atoms with Crippen molar-refractivity contribution in [3.05, 3.63) is 229 Å². The standard InChI is InChI=1S/C61H41FN2/c1-61(2)54-14-7-6-13-50(54)51-33-31-49(37-55(51)61)63(47-29-23-45(62)24-30-47)46-25-19-40(20-26-46)43-22-34-56-53(35-43)60-52-32-21-42-12-8-11-41-15-16-44(59(52)58(41)42)36-57(60)64(56)48-27-17-39(18-28-48)38-9-4-3-5-10-38/h3-37H,1-2H3. The van der Waals surface area contributed by atoms with Crippen LogP contribution in [0.2, 0.25) is 0 Å². The van der Waals surface area contributed by atoms with Crippen LogP contribution in [0.5, 0.6) is 0 Å². The van der Waals surface area contributed by atoms with E-state index in [2.05, 4.69) is 211 Å². The Hall–Kier alpha value is -8.01. The Morgan fingerprint density at radius 1 is 0.391 bits per heavy atom.